The maximum atomic E-state index is 13.5. The molecule has 0 bridgehead atoms. The van der Waals surface area contributed by atoms with E-state index in [0.717, 1.165) is 18.6 Å². The Hall–Kier alpha value is -2.93. The Labute approximate surface area is 171 Å². The van der Waals surface area contributed by atoms with E-state index < -0.39 is 17.6 Å². The Morgan fingerprint density at radius 1 is 1.10 bits per heavy atom. The summed E-state index contributed by atoms with van der Waals surface area (Å²) in [6.45, 7) is 4.85. The number of ether oxygens (including phenoxy) is 3. The number of hydrogen-bond acceptors (Lipinski definition) is 5. The first-order valence-electron chi connectivity index (χ1n) is 9.00. The molecule has 0 fully saturated rings. The predicted octanol–water partition coefficient (Wildman–Crippen LogP) is 5.15. The van der Waals surface area contributed by atoms with E-state index in [2.05, 4.69) is 4.99 Å². The molecule has 0 aliphatic carbocycles. The van der Waals surface area contributed by atoms with Gasteiger partial charge in [-0.05, 0) is 49.2 Å². The van der Waals surface area contributed by atoms with Gasteiger partial charge in [-0.3, -0.25) is 0 Å². The van der Waals surface area contributed by atoms with E-state index in [1.807, 2.05) is 13.8 Å². The SMILES string of the molecule is CCCOc1ccc(/C=C2\N=C(c3cc(F)c(F)cc3Cl)OC2=O)cc1OCC. The molecule has 0 radical (unpaired) electrons. The van der Waals surface area contributed by atoms with Crippen LogP contribution in [0.2, 0.25) is 5.02 Å². The molecule has 152 valence electrons. The summed E-state index contributed by atoms with van der Waals surface area (Å²) in [7, 11) is 0. The van der Waals surface area contributed by atoms with Crippen LogP contribution in [-0.4, -0.2) is 25.1 Å². The number of nitrogens with zero attached hydrogens (tertiary/aromatic N) is 1. The van der Waals surface area contributed by atoms with Gasteiger partial charge in [0.15, 0.2) is 28.8 Å². The van der Waals surface area contributed by atoms with Crippen molar-refractivity contribution in [3.8, 4) is 11.5 Å². The van der Waals surface area contributed by atoms with Gasteiger partial charge in [0.2, 0.25) is 5.90 Å². The second-order valence-electron chi connectivity index (χ2n) is 6.07. The Morgan fingerprint density at radius 2 is 1.86 bits per heavy atom. The fraction of sp³-hybridized carbons (Fsp3) is 0.238. The van der Waals surface area contributed by atoms with Gasteiger partial charge < -0.3 is 14.2 Å². The minimum atomic E-state index is -1.12. The summed E-state index contributed by atoms with van der Waals surface area (Å²) >= 11 is 5.92. The van der Waals surface area contributed by atoms with Crippen molar-refractivity contribution in [2.45, 2.75) is 20.3 Å². The highest BCUT2D eigenvalue weighted by atomic mass is 35.5. The number of rotatable bonds is 7. The summed E-state index contributed by atoms with van der Waals surface area (Å²) in [5.74, 6) is -2.02. The Kier molecular flexibility index (Phi) is 6.49. The maximum absolute atomic E-state index is 13.5. The third kappa shape index (κ3) is 4.74. The van der Waals surface area contributed by atoms with Crippen molar-refractivity contribution < 1.29 is 27.8 Å². The Morgan fingerprint density at radius 3 is 2.59 bits per heavy atom. The van der Waals surface area contributed by atoms with Gasteiger partial charge >= 0.3 is 5.97 Å². The van der Waals surface area contributed by atoms with Crippen LogP contribution in [0.3, 0.4) is 0 Å². The molecule has 0 saturated heterocycles. The second-order valence-corrected chi connectivity index (χ2v) is 6.48. The van der Waals surface area contributed by atoms with Gasteiger partial charge in [0.25, 0.3) is 0 Å². The molecule has 1 aliphatic heterocycles. The molecule has 2 aromatic carbocycles. The first-order chi connectivity index (χ1) is 13.9. The van der Waals surface area contributed by atoms with E-state index in [-0.39, 0.29) is 22.2 Å². The van der Waals surface area contributed by atoms with Crippen molar-refractivity contribution in [2.75, 3.05) is 13.2 Å². The molecule has 2 aromatic rings. The maximum Gasteiger partial charge on any atom is 0.363 e. The summed E-state index contributed by atoms with van der Waals surface area (Å²) in [4.78, 5) is 16.2. The van der Waals surface area contributed by atoms with Gasteiger partial charge in [-0.2, -0.15) is 0 Å². The monoisotopic (exact) mass is 421 g/mol. The molecule has 1 heterocycles. The molecule has 8 heteroatoms. The molecule has 1 aliphatic rings. The summed E-state index contributed by atoms with van der Waals surface area (Å²) in [6.07, 6.45) is 2.35. The van der Waals surface area contributed by atoms with Crippen LogP contribution in [0.15, 0.2) is 41.0 Å². The number of esters is 1. The van der Waals surface area contributed by atoms with Crippen molar-refractivity contribution in [1.82, 2.24) is 0 Å². The van der Waals surface area contributed by atoms with Crippen LogP contribution in [-0.2, 0) is 9.53 Å². The van der Waals surface area contributed by atoms with E-state index in [4.69, 9.17) is 25.8 Å². The van der Waals surface area contributed by atoms with Gasteiger partial charge in [0.1, 0.15) is 0 Å². The average molecular weight is 422 g/mol. The van der Waals surface area contributed by atoms with Gasteiger partial charge in [-0.25, -0.2) is 18.6 Å². The van der Waals surface area contributed by atoms with E-state index in [9.17, 15) is 13.6 Å². The lowest BCUT2D eigenvalue weighted by Crippen LogP contribution is -2.07. The van der Waals surface area contributed by atoms with Crippen molar-refractivity contribution >= 4 is 29.5 Å². The lowest BCUT2D eigenvalue weighted by atomic mass is 10.1. The summed E-state index contributed by atoms with van der Waals surface area (Å²) in [6, 6.07) is 6.83. The standard InChI is InChI=1S/C21H18ClF2NO4/c1-3-7-28-18-6-5-12(9-19(18)27-4-2)8-17-21(26)29-20(25-17)13-10-15(23)16(24)11-14(13)22/h5-6,8-11H,3-4,7H2,1-2H3/b17-8-. The highest BCUT2D eigenvalue weighted by Crippen LogP contribution is 2.31. The van der Waals surface area contributed by atoms with Crippen LogP contribution in [0.25, 0.3) is 6.08 Å². The van der Waals surface area contributed by atoms with Gasteiger partial charge in [-0.1, -0.05) is 24.6 Å². The smallest absolute Gasteiger partial charge is 0.363 e. The third-order valence-electron chi connectivity index (χ3n) is 3.89. The highest BCUT2D eigenvalue weighted by Gasteiger charge is 2.27. The molecule has 0 unspecified atom stereocenters. The van der Waals surface area contributed by atoms with Crippen molar-refractivity contribution in [3.63, 3.8) is 0 Å². The number of carbonyl (C=O) groups excluding carboxylic acids is 1. The topological polar surface area (TPSA) is 57.1 Å². The molecule has 29 heavy (non-hydrogen) atoms. The predicted molar refractivity (Wildman–Crippen MR) is 105 cm³/mol. The van der Waals surface area contributed by atoms with Gasteiger partial charge in [-0.15, -0.1) is 0 Å². The van der Waals surface area contributed by atoms with Gasteiger partial charge in [0.05, 0.1) is 23.8 Å². The molecule has 0 amide bonds. The summed E-state index contributed by atoms with van der Waals surface area (Å²) in [5.41, 5.74) is 0.608. The first-order valence-corrected chi connectivity index (χ1v) is 9.37. The van der Waals surface area contributed by atoms with Crippen molar-refractivity contribution in [1.29, 1.82) is 0 Å². The molecule has 5 nitrogen and oxygen atoms in total. The minimum absolute atomic E-state index is 0.00882. The van der Waals surface area contributed by atoms with Crippen molar-refractivity contribution in [3.05, 3.63) is 63.8 Å². The lowest BCUT2D eigenvalue weighted by Gasteiger charge is -2.12. The van der Waals surface area contributed by atoms with E-state index >= 15 is 0 Å². The van der Waals surface area contributed by atoms with Gasteiger partial charge in [0, 0.05) is 0 Å². The fourth-order valence-corrected chi connectivity index (χ4v) is 2.81. The Balaban J connectivity index is 1.93. The van der Waals surface area contributed by atoms with Crippen LogP contribution < -0.4 is 9.47 Å². The molecule has 0 spiro atoms. The molecule has 0 saturated carbocycles. The molecule has 3 rings (SSSR count). The molecule has 0 N–H and O–H groups in total. The Bertz CT molecular complexity index is 1000. The normalized spacial score (nSPS) is 14.7. The number of aliphatic imine (C=N–C) groups is 1. The van der Waals surface area contributed by atoms with E-state index in [0.29, 0.717) is 30.3 Å². The van der Waals surface area contributed by atoms with Crippen molar-refractivity contribution in [2.24, 2.45) is 4.99 Å². The van der Waals surface area contributed by atoms with Crippen LogP contribution >= 0.6 is 11.6 Å². The largest absolute Gasteiger partial charge is 0.490 e. The van der Waals surface area contributed by atoms with Crippen LogP contribution in [0.4, 0.5) is 8.78 Å². The van der Waals surface area contributed by atoms with E-state index in [1.165, 1.54) is 6.08 Å². The quantitative estimate of drug-likeness (QED) is 0.352. The highest BCUT2D eigenvalue weighted by molar-refractivity contribution is 6.34. The lowest BCUT2D eigenvalue weighted by molar-refractivity contribution is -0.129. The zero-order valence-corrected chi connectivity index (χ0v) is 16.6. The third-order valence-corrected chi connectivity index (χ3v) is 4.21. The second kappa shape index (κ2) is 9.05. The number of halogens is 3. The molecular formula is C21H18ClF2NO4. The first kappa shape index (κ1) is 20.8. The molecule has 0 aromatic heterocycles. The number of cyclic esters (lactones) is 1. The minimum Gasteiger partial charge on any atom is -0.490 e. The molecule has 0 atom stereocenters. The van der Waals surface area contributed by atoms with Crippen LogP contribution in [0.5, 0.6) is 11.5 Å². The van der Waals surface area contributed by atoms with Crippen LogP contribution in [0.1, 0.15) is 31.4 Å². The summed E-state index contributed by atoms with van der Waals surface area (Å²) < 4.78 is 43.1. The number of hydrogen-bond donors (Lipinski definition) is 0. The fourth-order valence-electron chi connectivity index (χ4n) is 2.58. The zero-order valence-electron chi connectivity index (χ0n) is 15.8. The summed E-state index contributed by atoms with van der Waals surface area (Å²) in [5, 5.41) is -0.118. The molecular weight excluding hydrogens is 404 g/mol. The number of benzene rings is 2. The average Bonchev–Trinajstić information content (AvgIpc) is 3.04. The number of carbonyl (C=O) groups is 1. The van der Waals surface area contributed by atoms with E-state index in [1.54, 1.807) is 18.2 Å². The van der Waals surface area contributed by atoms with Crippen LogP contribution in [0, 0.1) is 11.6 Å². The zero-order chi connectivity index (χ0) is 21.0.